The van der Waals surface area contributed by atoms with E-state index in [1.165, 1.54) is 0 Å². The monoisotopic (exact) mass is 450 g/mol. The van der Waals surface area contributed by atoms with Crippen LogP contribution in [0.4, 0.5) is 0 Å². The number of halogens is 2. The maximum absolute atomic E-state index is 12.0. The zero-order valence-electron chi connectivity index (χ0n) is 16.8. The highest BCUT2D eigenvalue weighted by Gasteiger charge is 2.23. The fourth-order valence-corrected chi connectivity index (χ4v) is 3.93. The number of hydrogen-bond acceptors (Lipinski definition) is 2. The maximum atomic E-state index is 12.0. The molecule has 0 bridgehead atoms. The van der Waals surface area contributed by atoms with Crippen molar-refractivity contribution in [3.05, 3.63) is 106 Å². The minimum absolute atomic E-state index is 0.238. The van der Waals surface area contributed by atoms with Crippen LogP contribution in [0.2, 0.25) is 10.0 Å². The average molecular weight is 451 g/mol. The molecular weight excluding hydrogens is 431 g/mol. The standard InChI is InChI=1S/C25H20Cl2N2O2/c1-16-8-10-17(11-9-16)24-15-21(28-29(24)22-7-3-6-20(27)13-22)14-23(25(30)31)18-4-2-5-19(26)12-18/h2-13,15,23H,14H2,1H3,(H,30,31). The van der Waals surface area contributed by atoms with E-state index in [9.17, 15) is 9.90 Å². The average Bonchev–Trinajstić information content (AvgIpc) is 3.16. The van der Waals surface area contributed by atoms with Crippen LogP contribution < -0.4 is 0 Å². The Hall–Kier alpha value is -3.08. The molecule has 3 aromatic carbocycles. The Kier molecular flexibility index (Phi) is 6.12. The largest absolute Gasteiger partial charge is 0.481 e. The predicted octanol–water partition coefficient (Wildman–Crippen LogP) is 6.57. The molecule has 0 saturated heterocycles. The van der Waals surface area contributed by atoms with E-state index in [-0.39, 0.29) is 6.42 Å². The molecule has 0 fully saturated rings. The fourth-order valence-electron chi connectivity index (χ4n) is 3.54. The second-order valence-electron chi connectivity index (χ2n) is 7.43. The number of aromatic nitrogens is 2. The quantitative estimate of drug-likeness (QED) is 0.361. The molecule has 1 unspecified atom stereocenters. The lowest BCUT2D eigenvalue weighted by Crippen LogP contribution is -2.15. The first kappa shape index (κ1) is 21.2. The third kappa shape index (κ3) is 4.82. The number of carboxylic acids is 1. The first-order valence-corrected chi connectivity index (χ1v) is 10.6. The molecule has 0 spiro atoms. The number of rotatable bonds is 6. The van der Waals surface area contributed by atoms with Crippen LogP contribution in [0.15, 0.2) is 78.9 Å². The molecule has 156 valence electrons. The van der Waals surface area contributed by atoms with Crippen molar-refractivity contribution >= 4 is 29.2 Å². The van der Waals surface area contributed by atoms with Crippen LogP contribution in [0.5, 0.6) is 0 Å². The van der Waals surface area contributed by atoms with E-state index < -0.39 is 11.9 Å². The lowest BCUT2D eigenvalue weighted by Gasteiger charge is -2.11. The molecule has 6 heteroatoms. The molecule has 1 aromatic heterocycles. The van der Waals surface area contributed by atoms with E-state index >= 15 is 0 Å². The summed E-state index contributed by atoms with van der Waals surface area (Å²) < 4.78 is 1.81. The number of carboxylic acid groups (broad SMARTS) is 1. The van der Waals surface area contributed by atoms with Gasteiger partial charge in [-0.15, -0.1) is 0 Å². The van der Waals surface area contributed by atoms with Gasteiger partial charge < -0.3 is 5.11 Å². The Bertz CT molecular complexity index is 1230. The predicted molar refractivity (Wildman–Crippen MR) is 124 cm³/mol. The molecular formula is C25H20Cl2N2O2. The third-order valence-electron chi connectivity index (χ3n) is 5.12. The molecule has 0 amide bonds. The van der Waals surface area contributed by atoms with E-state index in [0.29, 0.717) is 21.3 Å². The molecule has 1 atom stereocenters. The van der Waals surface area contributed by atoms with Gasteiger partial charge in [0.05, 0.1) is 23.0 Å². The van der Waals surface area contributed by atoms with Gasteiger partial charge in [0.25, 0.3) is 0 Å². The molecule has 4 aromatic rings. The molecule has 0 aliphatic rings. The highest BCUT2D eigenvalue weighted by molar-refractivity contribution is 6.31. The van der Waals surface area contributed by atoms with Crippen molar-refractivity contribution in [1.82, 2.24) is 9.78 Å². The van der Waals surface area contributed by atoms with Crippen LogP contribution in [-0.4, -0.2) is 20.9 Å². The van der Waals surface area contributed by atoms with Crippen LogP contribution >= 0.6 is 23.2 Å². The van der Waals surface area contributed by atoms with Gasteiger partial charge in [-0.05, 0) is 48.9 Å². The van der Waals surface area contributed by atoms with Crippen molar-refractivity contribution in [2.24, 2.45) is 0 Å². The fraction of sp³-hybridized carbons (Fsp3) is 0.120. The Morgan fingerprint density at radius 1 is 0.968 bits per heavy atom. The van der Waals surface area contributed by atoms with E-state index in [1.54, 1.807) is 30.3 Å². The van der Waals surface area contributed by atoms with Gasteiger partial charge in [0, 0.05) is 22.0 Å². The summed E-state index contributed by atoms with van der Waals surface area (Å²) in [5.41, 5.74) is 5.14. The van der Waals surface area contributed by atoms with Gasteiger partial charge in [-0.3, -0.25) is 4.79 Å². The topological polar surface area (TPSA) is 55.1 Å². The van der Waals surface area contributed by atoms with E-state index in [1.807, 2.05) is 60.1 Å². The summed E-state index contributed by atoms with van der Waals surface area (Å²) in [4.78, 5) is 12.0. The van der Waals surface area contributed by atoms with Gasteiger partial charge in [0.1, 0.15) is 0 Å². The first-order chi connectivity index (χ1) is 14.9. The Morgan fingerprint density at radius 2 is 1.65 bits per heavy atom. The van der Waals surface area contributed by atoms with Crippen molar-refractivity contribution in [3.8, 4) is 16.9 Å². The number of benzene rings is 3. The van der Waals surface area contributed by atoms with Gasteiger partial charge >= 0.3 is 5.97 Å². The number of carbonyl (C=O) groups is 1. The van der Waals surface area contributed by atoms with Crippen molar-refractivity contribution in [3.63, 3.8) is 0 Å². The van der Waals surface area contributed by atoms with Gasteiger partial charge in [-0.25, -0.2) is 4.68 Å². The van der Waals surface area contributed by atoms with E-state index in [2.05, 4.69) is 0 Å². The summed E-state index contributed by atoms with van der Waals surface area (Å²) in [5.74, 6) is -1.68. The number of nitrogens with zero attached hydrogens (tertiary/aromatic N) is 2. The SMILES string of the molecule is Cc1ccc(-c2cc(CC(C(=O)O)c3cccc(Cl)c3)nn2-c2cccc(Cl)c2)cc1. The zero-order valence-corrected chi connectivity index (χ0v) is 18.3. The third-order valence-corrected chi connectivity index (χ3v) is 5.59. The molecule has 4 nitrogen and oxygen atoms in total. The van der Waals surface area contributed by atoms with Gasteiger partial charge in [0.2, 0.25) is 0 Å². The van der Waals surface area contributed by atoms with Gasteiger partial charge in [-0.1, -0.05) is 71.2 Å². The smallest absolute Gasteiger partial charge is 0.311 e. The summed E-state index contributed by atoms with van der Waals surface area (Å²) in [7, 11) is 0. The van der Waals surface area contributed by atoms with Gasteiger partial charge in [-0.2, -0.15) is 5.10 Å². The summed E-state index contributed by atoms with van der Waals surface area (Å²) >= 11 is 12.3. The number of aliphatic carboxylic acids is 1. The van der Waals surface area contributed by atoms with Crippen molar-refractivity contribution in [1.29, 1.82) is 0 Å². The van der Waals surface area contributed by atoms with E-state index in [4.69, 9.17) is 28.3 Å². The lowest BCUT2D eigenvalue weighted by molar-refractivity contribution is -0.138. The lowest BCUT2D eigenvalue weighted by atomic mass is 9.94. The summed E-state index contributed by atoms with van der Waals surface area (Å²) in [5, 5.41) is 15.7. The highest BCUT2D eigenvalue weighted by Crippen LogP contribution is 2.29. The minimum Gasteiger partial charge on any atom is -0.481 e. The van der Waals surface area contributed by atoms with Crippen LogP contribution in [0.25, 0.3) is 16.9 Å². The van der Waals surface area contributed by atoms with Crippen molar-refractivity contribution in [2.45, 2.75) is 19.3 Å². The van der Waals surface area contributed by atoms with Crippen molar-refractivity contribution < 1.29 is 9.90 Å². The molecule has 0 saturated carbocycles. The normalized spacial score (nSPS) is 12.0. The molecule has 1 heterocycles. The van der Waals surface area contributed by atoms with Gasteiger partial charge in [0.15, 0.2) is 0 Å². The molecule has 4 rings (SSSR count). The molecule has 31 heavy (non-hydrogen) atoms. The van der Waals surface area contributed by atoms with Crippen LogP contribution in [0.3, 0.4) is 0 Å². The van der Waals surface area contributed by atoms with Crippen LogP contribution in [0, 0.1) is 6.92 Å². The van der Waals surface area contributed by atoms with Crippen LogP contribution in [-0.2, 0) is 11.2 Å². The Labute approximate surface area is 190 Å². The summed E-state index contributed by atoms with van der Waals surface area (Å²) in [6.07, 6.45) is 0.238. The maximum Gasteiger partial charge on any atom is 0.311 e. The number of aryl methyl sites for hydroxylation is 1. The van der Waals surface area contributed by atoms with Crippen molar-refractivity contribution in [2.75, 3.05) is 0 Å². The molecule has 1 N–H and O–H groups in total. The van der Waals surface area contributed by atoms with E-state index in [0.717, 1.165) is 22.5 Å². The Balaban J connectivity index is 1.78. The van der Waals surface area contributed by atoms with Crippen LogP contribution in [0.1, 0.15) is 22.7 Å². The molecule has 0 radical (unpaired) electrons. The summed E-state index contributed by atoms with van der Waals surface area (Å²) in [6, 6.07) is 24.5. The zero-order chi connectivity index (χ0) is 22.0. The second-order valence-corrected chi connectivity index (χ2v) is 8.30. The second kappa shape index (κ2) is 8.96. The number of hydrogen-bond donors (Lipinski definition) is 1. The minimum atomic E-state index is -0.920. The Morgan fingerprint density at radius 3 is 2.29 bits per heavy atom. The highest BCUT2D eigenvalue weighted by atomic mass is 35.5. The molecule has 0 aliphatic carbocycles. The summed E-state index contributed by atoms with van der Waals surface area (Å²) in [6.45, 7) is 2.03. The molecule has 0 aliphatic heterocycles. The first-order valence-electron chi connectivity index (χ1n) is 9.81.